The molecule has 1 unspecified atom stereocenters. The summed E-state index contributed by atoms with van der Waals surface area (Å²) < 4.78 is 0. The standard InChI is InChI=1S/C13H27N3O/c1-4-15-5-7-16(8-6-15)13(17)12(10-14)9-11(2)3/h11-12H,4-10,14H2,1-3H3. The molecule has 0 saturated carbocycles. The third-order valence-corrected chi connectivity index (χ3v) is 3.52. The van der Waals surface area contributed by atoms with E-state index in [0.717, 1.165) is 39.1 Å². The molecule has 0 aromatic heterocycles. The fourth-order valence-electron chi connectivity index (χ4n) is 2.41. The average molecular weight is 241 g/mol. The van der Waals surface area contributed by atoms with Gasteiger partial charge in [0, 0.05) is 32.7 Å². The second kappa shape index (κ2) is 6.97. The van der Waals surface area contributed by atoms with E-state index < -0.39 is 0 Å². The van der Waals surface area contributed by atoms with Crippen molar-refractivity contribution in [2.75, 3.05) is 39.3 Å². The van der Waals surface area contributed by atoms with E-state index in [1.165, 1.54) is 0 Å². The van der Waals surface area contributed by atoms with Gasteiger partial charge < -0.3 is 15.5 Å². The van der Waals surface area contributed by atoms with Crippen molar-refractivity contribution in [3.8, 4) is 0 Å². The van der Waals surface area contributed by atoms with Crippen LogP contribution in [0.1, 0.15) is 27.2 Å². The average Bonchev–Trinajstić information content (AvgIpc) is 2.35. The predicted octanol–water partition coefficient (Wildman–Crippen LogP) is 0.772. The Morgan fingerprint density at radius 3 is 2.24 bits per heavy atom. The van der Waals surface area contributed by atoms with E-state index in [9.17, 15) is 4.79 Å². The highest BCUT2D eigenvalue weighted by Crippen LogP contribution is 2.15. The Morgan fingerprint density at radius 1 is 1.24 bits per heavy atom. The first-order chi connectivity index (χ1) is 8.08. The maximum Gasteiger partial charge on any atom is 0.227 e. The smallest absolute Gasteiger partial charge is 0.227 e. The van der Waals surface area contributed by atoms with Crippen LogP contribution in [0.15, 0.2) is 0 Å². The van der Waals surface area contributed by atoms with Gasteiger partial charge in [-0.1, -0.05) is 20.8 Å². The molecule has 0 aromatic rings. The fraction of sp³-hybridized carbons (Fsp3) is 0.923. The molecule has 0 aromatic carbocycles. The van der Waals surface area contributed by atoms with Crippen molar-refractivity contribution in [3.05, 3.63) is 0 Å². The highest BCUT2D eigenvalue weighted by Gasteiger charge is 2.26. The third kappa shape index (κ3) is 4.28. The molecule has 0 bridgehead atoms. The first kappa shape index (κ1) is 14.5. The lowest BCUT2D eigenvalue weighted by atomic mass is 9.95. The molecule has 1 aliphatic rings. The minimum absolute atomic E-state index is 0.0168. The molecular formula is C13H27N3O. The van der Waals surface area contributed by atoms with Gasteiger partial charge in [-0.3, -0.25) is 4.79 Å². The van der Waals surface area contributed by atoms with Gasteiger partial charge in [-0.25, -0.2) is 0 Å². The van der Waals surface area contributed by atoms with Gasteiger partial charge in [-0.2, -0.15) is 0 Å². The van der Waals surface area contributed by atoms with Crippen LogP contribution in [0.2, 0.25) is 0 Å². The van der Waals surface area contributed by atoms with Gasteiger partial charge in [0.15, 0.2) is 0 Å². The van der Waals surface area contributed by atoms with E-state index in [2.05, 4.69) is 25.7 Å². The van der Waals surface area contributed by atoms with Crippen molar-refractivity contribution in [3.63, 3.8) is 0 Å². The fourth-order valence-corrected chi connectivity index (χ4v) is 2.41. The molecule has 0 radical (unpaired) electrons. The van der Waals surface area contributed by atoms with Crippen molar-refractivity contribution < 1.29 is 4.79 Å². The number of hydrogen-bond donors (Lipinski definition) is 1. The molecule has 1 fully saturated rings. The Morgan fingerprint density at radius 2 is 1.82 bits per heavy atom. The Hall–Kier alpha value is -0.610. The molecule has 0 spiro atoms. The lowest BCUT2D eigenvalue weighted by Crippen LogP contribution is -2.51. The molecule has 1 atom stereocenters. The van der Waals surface area contributed by atoms with Gasteiger partial charge in [0.2, 0.25) is 5.91 Å². The van der Waals surface area contributed by atoms with Gasteiger partial charge in [0.1, 0.15) is 0 Å². The second-order valence-corrected chi connectivity index (χ2v) is 5.32. The lowest BCUT2D eigenvalue weighted by molar-refractivity contribution is -0.137. The number of nitrogens with two attached hydrogens (primary N) is 1. The zero-order valence-electron chi connectivity index (χ0n) is 11.5. The summed E-state index contributed by atoms with van der Waals surface area (Å²) in [6.45, 7) is 11.7. The molecule has 1 rings (SSSR count). The zero-order chi connectivity index (χ0) is 12.8. The summed E-state index contributed by atoms with van der Waals surface area (Å²) >= 11 is 0. The van der Waals surface area contributed by atoms with E-state index in [4.69, 9.17) is 5.73 Å². The molecule has 4 heteroatoms. The second-order valence-electron chi connectivity index (χ2n) is 5.32. The summed E-state index contributed by atoms with van der Waals surface area (Å²) in [6.07, 6.45) is 0.906. The molecule has 1 aliphatic heterocycles. The highest BCUT2D eigenvalue weighted by molar-refractivity contribution is 5.79. The quantitative estimate of drug-likeness (QED) is 0.773. The summed E-state index contributed by atoms with van der Waals surface area (Å²) in [5, 5.41) is 0. The van der Waals surface area contributed by atoms with Crippen LogP contribution in [0.25, 0.3) is 0 Å². The van der Waals surface area contributed by atoms with Crippen molar-refractivity contribution in [2.24, 2.45) is 17.6 Å². The molecular weight excluding hydrogens is 214 g/mol. The summed E-state index contributed by atoms with van der Waals surface area (Å²) in [5.41, 5.74) is 5.72. The monoisotopic (exact) mass is 241 g/mol. The van der Waals surface area contributed by atoms with Gasteiger partial charge in [-0.15, -0.1) is 0 Å². The van der Waals surface area contributed by atoms with Crippen LogP contribution in [-0.4, -0.2) is 55.0 Å². The van der Waals surface area contributed by atoms with Crippen molar-refractivity contribution in [1.29, 1.82) is 0 Å². The van der Waals surface area contributed by atoms with Gasteiger partial charge in [0.05, 0.1) is 5.92 Å². The van der Waals surface area contributed by atoms with Crippen LogP contribution < -0.4 is 5.73 Å². The van der Waals surface area contributed by atoms with Crippen LogP contribution in [0.5, 0.6) is 0 Å². The summed E-state index contributed by atoms with van der Waals surface area (Å²) in [6, 6.07) is 0. The van der Waals surface area contributed by atoms with Gasteiger partial charge in [0.25, 0.3) is 0 Å². The maximum absolute atomic E-state index is 12.3. The summed E-state index contributed by atoms with van der Waals surface area (Å²) in [7, 11) is 0. The van der Waals surface area contributed by atoms with Crippen LogP contribution in [-0.2, 0) is 4.79 Å². The first-order valence-corrected chi connectivity index (χ1v) is 6.79. The number of hydrogen-bond acceptors (Lipinski definition) is 3. The number of nitrogens with zero attached hydrogens (tertiary/aromatic N) is 2. The molecule has 2 N–H and O–H groups in total. The van der Waals surface area contributed by atoms with Gasteiger partial charge in [-0.05, 0) is 18.9 Å². The minimum Gasteiger partial charge on any atom is -0.340 e. The van der Waals surface area contributed by atoms with Crippen molar-refractivity contribution >= 4 is 5.91 Å². The first-order valence-electron chi connectivity index (χ1n) is 6.79. The zero-order valence-corrected chi connectivity index (χ0v) is 11.5. The number of likely N-dealkylation sites (N-methyl/N-ethyl adjacent to an activating group) is 1. The van der Waals surface area contributed by atoms with Gasteiger partial charge >= 0.3 is 0 Å². The Kier molecular flexibility index (Phi) is 5.92. The van der Waals surface area contributed by atoms with E-state index in [0.29, 0.717) is 12.5 Å². The van der Waals surface area contributed by atoms with Crippen molar-refractivity contribution in [1.82, 2.24) is 9.80 Å². The summed E-state index contributed by atoms with van der Waals surface area (Å²) in [5.74, 6) is 0.810. The van der Waals surface area contributed by atoms with E-state index in [1.807, 2.05) is 4.90 Å². The molecule has 100 valence electrons. The largest absolute Gasteiger partial charge is 0.340 e. The normalized spacial score (nSPS) is 19.7. The molecule has 1 heterocycles. The molecule has 4 nitrogen and oxygen atoms in total. The number of carbonyl (C=O) groups is 1. The molecule has 1 amide bonds. The van der Waals surface area contributed by atoms with E-state index in [1.54, 1.807) is 0 Å². The Labute approximate surface area is 105 Å². The predicted molar refractivity (Wildman–Crippen MR) is 70.7 cm³/mol. The number of amides is 1. The molecule has 0 aliphatic carbocycles. The minimum atomic E-state index is 0.0168. The van der Waals surface area contributed by atoms with Crippen LogP contribution >= 0.6 is 0 Å². The van der Waals surface area contributed by atoms with E-state index >= 15 is 0 Å². The Bertz CT molecular complexity index is 235. The van der Waals surface area contributed by atoms with Crippen LogP contribution in [0.3, 0.4) is 0 Å². The van der Waals surface area contributed by atoms with E-state index in [-0.39, 0.29) is 11.8 Å². The number of carbonyl (C=O) groups excluding carboxylic acids is 1. The number of rotatable bonds is 5. The topological polar surface area (TPSA) is 49.6 Å². The lowest BCUT2D eigenvalue weighted by Gasteiger charge is -2.36. The van der Waals surface area contributed by atoms with Crippen molar-refractivity contribution in [2.45, 2.75) is 27.2 Å². The highest BCUT2D eigenvalue weighted by atomic mass is 16.2. The van der Waals surface area contributed by atoms with Crippen LogP contribution in [0, 0.1) is 11.8 Å². The maximum atomic E-state index is 12.3. The third-order valence-electron chi connectivity index (χ3n) is 3.52. The Balaban J connectivity index is 2.46. The number of piperazine rings is 1. The summed E-state index contributed by atoms with van der Waals surface area (Å²) in [4.78, 5) is 16.7. The molecule has 1 saturated heterocycles. The van der Waals surface area contributed by atoms with Crippen LogP contribution in [0.4, 0.5) is 0 Å². The SMILES string of the molecule is CCN1CCN(C(=O)C(CN)CC(C)C)CC1. The molecule has 17 heavy (non-hydrogen) atoms.